The SMILES string of the molecule is CCOC1CC(N)(C(=O)Nc2ccc3ccn(CC(=O)NC)c3c2)C1(C)C.Cl. The maximum atomic E-state index is 12.9. The van der Waals surface area contributed by atoms with E-state index in [1.165, 1.54) is 0 Å². The van der Waals surface area contributed by atoms with Gasteiger partial charge >= 0.3 is 0 Å². The first-order chi connectivity index (χ1) is 12.7. The molecule has 0 radical (unpaired) electrons. The number of likely N-dealkylation sites (N-methyl/N-ethyl adjacent to an activating group) is 1. The smallest absolute Gasteiger partial charge is 0.245 e. The number of ether oxygens (including phenoxy) is 1. The first-order valence-corrected chi connectivity index (χ1v) is 9.24. The molecule has 1 heterocycles. The minimum Gasteiger partial charge on any atom is -0.378 e. The molecule has 2 aromatic rings. The van der Waals surface area contributed by atoms with Gasteiger partial charge in [0.05, 0.1) is 11.6 Å². The lowest BCUT2D eigenvalue weighted by atomic mass is 9.54. The van der Waals surface area contributed by atoms with Crippen LogP contribution in [-0.4, -0.2) is 41.7 Å². The lowest BCUT2D eigenvalue weighted by Crippen LogP contribution is -2.74. The first-order valence-electron chi connectivity index (χ1n) is 9.24. The van der Waals surface area contributed by atoms with Gasteiger partial charge in [0.15, 0.2) is 0 Å². The molecule has 2 atom stereocenters. The molecule has 0 aliphatic heterocycles. The van der Waals surface area contributed by atoms with Crippen LogP contribution in [0.3, 0.4) is 0 Å². The van der Waals surface area contributed by atoms with E-state index >= 15 is 0 Å². The van der Waals surface area contributed by atoms with Gasteiger partial charge in [-0.2, -0.15) is 0 Å². The predicted octanol–water partition coefficient (Wildman–Crippen LogP) is 2.28. The van der Waals surface area contributed by atoms with Crippen molar-refractivity contribution in [3.8, 4) is 0 Å². The van der Waals surface area contributed by atoms with E-state index in [-0.39, 0.29) is 36.9 Å². The Labute approximate surface area is 171 Å². The van der Waals surface area contributed by atoms with Crippen molar-refractivity contribution in [3.05, 3.63) is 30.5 Å². The molecule has 4 N–H and O–H groups in total. The van der Waals surface area contributed by atoms with Crippen molar-refractivity contribution in [1.29, 1.82) is 0 Å². The average molecular weight is 409 g/mol. The lowest BCUT2D eigenvalue weighted by Gasteiger charge is -2.57. The monoisotopic (exact) mass is 408 g/mol. The molecule has 2 unspecified atom stereocenters. The minimum atomic E-state index is -0.980. The van der Waals surface area contributed by atoms with Gasteiger partial charge in [-0.3, -0.25) is 9.59 Å². The second-order valence-electron chi connectivity index (χ2n) is 7.69. The molecular weight excluding hydrogens is 380 g/mol. The number of benzene rings is 1. The Balaban J connectivity index is 0.00000280. The minimum absolute atomic E-state index is 0. The highest BCUT2D eigenvalue weighted by atomic mass is 35.5. The molecule has 1 saturated carbocycles. The van der Waals surface area contributed by atoms with Crippen LogP contribution < -0.4 is 16.4 Å². The number of anilines is 1. The van der Waals surface area contributed by atoms with E-state index in [1.54, 1.807) is 7.05 Å². The van der Waals surface area contributed by atoms with Gasteiger partial charge in [0.2, 0.25) is 11.8 Å². The molecule has 2 amide bonds. The molecule has 28 heavy (non-hydrogen) atoms. The topological polar surface area (TPSA) is 98.4 Å². The number of nitrogens with one attached hydrogen (secondary N) is 2. The van der Waals surface area contributed by atoms with Crippen LogP contribution in [0.4, 0.5) is 5.69 Å². The molecular formula is C20H29ClN4O3. The van der Waals surface area contributed by atoms with Crippen LogP contribution in [0.5, 0.6) is 0 Å². The van der Waals surface area contributed by atoms with Gasteiger partial charge in [0.25, 0.3) is 0 Å². The molecule has 1 fully saturated rings. The van der Waals surface area contributed by atoms with Crippen LogP contribution in [0.15, 0.2) is 30.5 Å². The molecule has 1 aromatic carbocycles. The van der Waals surface area contributed by atoms with Gasteiger partial charge in [0, 0.05) is 37.4 Å². The zero-order valence-electron chi connectivity index (χ0n) is 16.7. The van der Waals surface area contributed by atoms with E-state index in [4.69, 9.17) is 10.5 Å². The normalized spacial score (nSPS) is 22.8. The van der Waals surface area contributed by atoms with Crippen molar-refractivity contribution in [3.63, 3.8) is 0 Å². The molecule has 3 rings (SSSR count). The highest BCUT2D eigenvalue weighted by Gasteiger charge is 2.62. The molecule has 0 spiro atoms. The second kappa shape index (κ2) is 8.11. The summed E-state index contributed by atoms with van der Waals surface area (Å²) < 4.78 is 7.55. The van der Waals surface area contributed by atoms with E-state index in [9.17, 15) is 9.59 Å². The van der Waals surface area contributed by atoms with E-state index < -0.39 is 11.0 Å². The fraction of sp³-hybridized carbons (Fsp3) is 0.500. The van der Waals surface area contributed by atoms with Crippen LogP contribution >= 0.6 is 12.4 Å². The van der Waals surface area contributed by atoms with Gasteiger partial charge in [-0.25, -0.2) is 0 Å². The Kier molecular flexibility index (Phi) is 6.43. The molecule has 1 aliphatic rings. The van der Waals surface area contributed by atoms with Crippen LogP contribution in [0.25, 0.3) is 10.9 Å². The average Bonchev–Trinajstić information content (AvgIpc) is 3.03. The number of halogens is 1. The lowest BCUT2D eigenvalue weighted by molar-refractivity contribution is -0.166. The Morgan fingerprint density at radius 3 is 2.64 bits per heavy atom. The van der Waals surface area contributed by atoms with Gasteiger partial charge in [-0.1, -0.05) is 19.9 Å². The number of hydrogen-bond donors (Lipinski definition) is 3. The summed E-state index contributed by atoms with van der Waals surface area (Å²) >= 11 is 0. The molecule has 0 bridgehead atoms. The highest BCUT2D eigenvalue weighted by molar-refractivity contribution is 6.01. The summed E-state index contributed by atoms with van der Waals surface area (Å²) in [4.78, 5) is 24.6. The second-order valence-corrected chi connectivity index (χ2v) is 7.69. The maximum Gasteiger partial charge on any atom is 0.245 e. The summed E-state index contributed by atoms with van der Waals surface area (Å²) in [7, 11) is 1.61. The van der Waals surface area contributed by atoms with Crippen LogP contribution in [0.2, 0.25) is 0 Å². The fourth-order valence-electron chi connectivity index (χ4n) is 3.70. The predicted molar refractivity (Wildman–Crippen MR) is 113 cm³/mol. The Morgan fingerprint density at radius 2 is 2.04 bits per heavy atom. The number of carbonyl (C=O) groups excluding carboxylic acids is 2. The molecule has 0 saturated heterocycles. The standard InChI is InChI=1S/C20H28N4O3.ClH/c1-5-27-16-11-20(21,19(16,2)3)18(26)23-14-7-6-13-8-9-24(15(13)10-14)12-17(25)22-4;/h6-10,16H,5,11-12,21H2,1-4H3,(H,22,25)(H,23,26);1H. The quantitative estimate of drug-likeness (QED) is 0.682. The van der Waals surface area contributed by atoms with Crippen LogP contribution in [-0.2, 0) is 20.9 Å². The zero-order chi connectivity index (χ0) is 19.8. The summed E-state index contributed by atoms with van der Waals surface area (Å²) in [5, 5.41) is 6.56. The van der Waals surface area contributed by atoms with Gasteiger partial charge in [-0.05, 0) is 30.5 Å². The number of nitrogens with two attached hydrogens (primary N) is 1. The van der Waals surface area contributed by atoms with E-state index in [1.807, 2.05) is 55.8 Å². The zero-order valence-corrected chi connectivity index (χ0v) is 17.6. The molecule has 1 aromatic heterocycles. The van der Waals surface area contributed by atoms with Crippen LogP contribution in [0.1, 0.15) is 27.2 Å². The third-order valence-electron chi connectivity index (χ3n) is 5.86. The highest BCUT2D eigenvalue weighted by Crippen LogP contribution is 2.50. The molecule has 7 nitrogen and oxygen atoms in total. The first kappa shape index (κ1) is 22.2. The van der Waals surface area contributed by atoms with Crippen molar-refractivity contribution >= 4 is 40.8 Å². The molecule has 1 aliphatic carbocycles. The van der Waals surface area contributed by atoms with Crippen molar-refractivity contribution in [2.45, 2.75) is 45.4 Å². The van der Waals surface area contributed by atoms with Gasteiger partial charge in [-0.15, -0.1) is 12.4 Å². The maximum absolute atomic E-state index is 12.9. The fourth-order valence-corrected chi connectivity index (χ4v) is 3.70. The Hall–Kier alpha value is -2.09. The van der Waals surface area contributed by atoms with E-state index in [2.05, 4.69) is 10.6 Å². The number of nitrogens with zero attached hydrogens (tertiary/aromatic N) is 1. The largest absolute Gasteiger partial charge is 0.378 e. The Bertz CT molecular complexity index is 879. The number of rotatable bonds is 6. The van der Waals surface area contributed by atoms with Crippen molar-refractivity contribution in [2.75, 3.05) is 19.0 Å². The summed E-state index contributed by atoms with van der Waals surface area (Å²) in [6, 6.07) is 7.57. The van der Waals surface area contributed by atoms with E-state index in [0.717, 1.165) is 10.9 Å². The summed E-state index contributed by atoms with van der Waals surface area (Å²) in [5.74, 6) is -0.298. The van der Waals surface area contributed by atoms with Crippen molar-refractivity contribution in [2.24, 2.45) is 11.1 Å². The molecule has 8 heteroatoms. The number of carbonyl (C=O) groups is 2. The van der Waals surface area contributed by atoms with Crippen molar-refractivity contribution in [1.82, 2.24) is 9.88 Å². The van der Waals surface area contributed by atoms with E-state index in [0.29, 0.717) is 18.7 Å². The van der Waals surface area contributed by atoms with Gasteiger partial charge in [0.1, 0.15) is 12.1 Å². The van der Waals surface area contributed by atoms with Crippen LogP contribution in [0, 0.1) is 5.41 Å². The number of hydrogen-bond acceptors (Lipinski definition) is 4. The number of aromatic nitrogens is 1. The number of amides is 2. The van der Waals surface area contributed by atoms with Crippen molar-refractivity contribution < 1.29 is 14.3 Å². The third-order valence-corrected chi connectivity index (χ3v) is 5.86. The Morgan fingerprint density at radius 1 is 1.32 bits per heavy atom. The third kappa shape index (κ3) is 3.62. The summed E-state index contributed by atoms with van der Waals surface area (Å²) in [5.41, 5.74) is 6.56. The summed E-state index contributed by atoms with van der Waals surface area (Å²) in [6.07, 6.45) is 2.33. The number of fused-ring (bicyclic) bond motifs is 1. The summed E-state index contributed by atoms with van der Waals surface area (Å²) in [6.45, 7) is 6.70. The van der Waals surface area contributed by atoms with Gasteiger partial charge < -0.3 is 25.7 Å². The molecule has 154 valence electrons.